The molecule has 0 radical (unpaired) electrons. The molecule has 188 valence electrons. The van der Waals surface area contributed by atoms with Crippen LogP contribution in [0.2, 0.25) is 0 Å². The third-order valence-corrected chi connectivity index (χ3v) is 8.84. The first-order chi connectivity index (χ1) is 16.3. The van der Waals surface area contributed by atoms with E-state index in [1.807, 2.05) is 0 Å². The number of anilines is 2. The van der Waals surface area contributed by atoms with Crippen LogP contribution in [0.5, 0.6) is 0 Å². The molecule has 0 aliphatic carbocycles. The van der Waals surface area contributed by atoms with Gasteiger partial charge in [0, 0.05) is 50.4 Å². The molecule has 0 bridgehead atoms. The van der Waals surface area contributed by atoms with Crippen LogP contribution < -0.4 is 14.9 Å². The summed E-state index contributed by atoms with van der Waals surface area (Å²) in [6.07, 6.45) is 4.74. The Balaban J connectivity index is 1.36. The number of urea groups is 1. The Morgan fingerprint density at radius 1 is 1.09 bits per heavy atom. The van der Waals surface area contributed by atoms with E-state index in [4.69, 9.17) is 4.98 Å². The molecule has 0 atom stereocenters. The van der Waals surface area contributed by atoms with Crippen LogP contribution in [0, 0.1) is 0 Å². The van der Waals surface area contributed by atoms with E-state index in [9.17, 15) is 4.79 Å². The molecule has 2 amide bonds. The summed E-state index contributed by atoms with van der Waals surface area (Å²) in [5.41, 5.74) is 3.02. The molecule has 2 aliphatic heterocycles. The van der Waals surface area contributed by atoms with Gasteiger partial charge < -0.3 is 20.0 Å². The van der Waals surface area contributed by atoms with Crippen LogP contribution in [0.15, 0.2) is 12.1 Å². The highest BCUT2D eigenvalue weighted by Crippen LogP contribution is 2.38. The Morgan fingerprint density at radius 3 is 2.53 bits per heavy atom. The van der Waals surface area contributed by atoms with Crippen molar-refractivity contribution in [3.8, 4) is 0 Å². The average Bonchev–Trinajstić information content (AvgIpc) is 3.24. The number of aromatic nitrogens is 1. The van der Waals surface area contributed by atoms with Gasteiger partial charge in [0.2, 0.25) is 0 Å². The third-order valence-electron chi connectivity index (χ3n) is 6.57. The zero-order valence-electron chi connectivity index (χ0n) is 21.2. The Kier molecular flexibility index (Phi) is 8.61. The molecule has 0 saturated carbocycles. The van der Waals surface area contributed by atoms with Gasteiger partial charge in [-0.1, -0.05) is 20.8 Å². The molecule has 7 nitrogen and oxygen atoms in total. The molecule has 1 aromatic carbocycles. The molecule has 2 saturated heterocycles. The van der Waals surface area contributed by atoms with Crippen LogP contribution in [-0.2, 0) is 5.41 Å². The lowest BCUT2D eigenvalue weighted by atomic mass is 9.98. The van der Waals surface area contributed by atoms with Crippen molar-refractivity contribution < 1.29 is 4.79 Å². The standard InChI is InChI=1S/C25H40N6OS2/c1-25(2,3)23-26-20-17-21(31-10-6-5-7-11-31)19(18-22(20)34-23)27-24(32)28-33-16-8-9-30-14-12-29(4)13-15-30/h17-18H,5-16H2,1-4H3,(H2,27,28,32). The SMILES string of the molecule is CN1CCN(CCCSNC(=O)Nc2cc3sc(C(C)(C)C)nc3cc2N2CCCCC2)CC1. The number of hydrogen-bond acceptors (Lipinski definition) is 7. The van der Waals surface area contributed by atoms with Gasteiger partial charge in [0.1, 0.15) is 0 Å². The van der Waals surface area contributed by atoms with Gasteiger partial charge in [-0.15, -0.1) is 11.3 Å². The maximum atomic E-state index is 12.8. The number of rotatable bonds is 7. The molecule has 3 heterocycles. The van der Waals surface area contributed by atoms with E-state index in [2.05, 4.69) is 64.7 Å². The van der Waals surface area contributed by atoms with Crippen molar-refractivity contribution in [2.45, 2.75) is 51.9 Å². The molecule has 0 spiro atoms. The van der Waals surface area contributed by atoms with Gasteiger partial charge in [-0.05, 0) is 63.4 Å². The minimum Gasteiger partial charge on any atom is -0.370 e. The topological polar surface area (TPSA) is 63.7 Å². The van der Waals surface area contributed by atoms with Crippen LogP contribution in [0.4, 0.5) is 16.2 Å². The molecule has 0 unspecified atom stereocenters. The van der Waals surface area contributed by atoms with Crippen molar-refractivity contribution in [3.63, 3.8) is 0 Å². The lowest BCUT2D eigenvalue weighted by Gasteiger charge is -2.32. The molecule has 34 heavy (non-hydrogen) atoms. The van der Waals surface area contributed by atoms with Gasteiger partial charge in [0.05, 0.1) is 26.6 Å². The summed E-state index contributed by atoms with van der Waals surface area (Å²) in [4.78, 5) is 25.0. The summed E-state index contributed by atoms with van der Waals surface area (Å²) in [7, 11) is 2.18. The summed E-state index contributed by atoms with van der Waals surface area (Å²) in [5, 5.41) is 4.27. The fourth-order valence-electron chi connectivity index (χ4n) is 4.48. The highest BCUT2D eigenvalue weighted by atomic mass is 32.2. The summed E-state index contributed by atoms with van der Waals surface area (Å²) in [6, 6.07) is 4.14. The van der Waals surface area contributed by atoms with E-state index in [1.165, 1.54) is 31.2 Å². The average molecular weight is 505 g/mol. The number of fused-ring (bicyclic) bond motifs is 1. The number of piperidine rings is 1. The summed E-state index contributed by atoms with van der Waals surface area (Å²) in [6.45, 7) is 14.3. The largest absolute Gasteiger partial charge is 0.370 e. The number of carbonyl (C=O) groups excluding carboxylic acids is 1. The van der Waals surface area contributed by atoms with Crippen molar-refractivity contribution in [2.75, 3.05) is 68.8 Å². The van der Waals surface area contributed by atoms with Crippen LogP contribution >= 0.6 is 23.3 Å². The molecule has 2 fully saturated rings. The van der Waals surface area contributed by atoms with Crippen molar-refractivity contribution >= 4 is 50.9 Å². The van der Waals surface area contributed by atoms with Crippen molar-refractivity contribution in [1.82, 2.24) is 19.5 Å². The summed E-state index contributed by atoms with van der Waals surface area (Å²) >= 11 is 3.22. The first-order valence-electron chi connectivity index (χ1n) is 12.6. The monoisotopic (exact) mass is 504 g/mol. The second-order valence-electron chi connectivity index (χ2n) is 10.6. The van der Waals surface area contributed by atoms with Crippen molar-refractivity contribution in [3.05, 3.63) is 17.1 Å². The number of hydrogen-bond donors (Lipinski definition) is 2. The van der Waals surface area contributed by atoms with Crippen LogP contribution in [0.3, 0.4) is 0 Å². The molecule has 1 aromatic heterocycles. The van der Waals surface area contributed by atoms with Gasteiger partial charge in [-0.2, -0.15) is 0 Å². The van der Waals surface area contributed by atoms with Crippen LogP contribution in [0.25, 0.3) is 10.2 Å². The number of amides is 2. The zero-order chi connectivity index (χ0) is 24.1. The molecule has 2 aromatic rings. The highest BCUT2D eigenvalue weighted by molar-refractivity contribution is 7.97. The summed E-state index contributed by atoms with van der Waals surface area (Å²) in [5.74, 6) is 0.918. The molecule has 2 aliphatic rings. The maximum absolute atomic E-state index is 12.8. The van der Waals surface area contributed by atoms with Crippen LogP contribution in [0.1, 0.15) is 51.5 Å². The Bertz CT molecular complexity index is 958. The minimum absolute atomic E-state index is 0.0146. The van der Waals surface area contributed by atoms with E-state index in [0.29, 0.717) is 0 Å². The number of benzene rings is 1. The van der Waals surface area contributed by atoms with Gasteiger partial charge in [0.25, 0.3) is 0 Å². The predicted molar refractivity (Wildman–Crippen MR) is 148 cm³/mol. The minimum atomic E-state index is -0.150. The van der Waals surface area contributed by atoms with E-state index in [0.717, 1.165) is 84.6 Å². The molecule has 9 heteroatoms. The molecule has 4 rings (SSSR count). The van der Waals surface area contributed by atoms with Gasteiger partial charge in [-0.25, -0.2) is 9.78 Å². The zero-order valence-corrected chi connectivity index (χ0v) is 22.8. The number of thiazole rings is 1. The Hall–Kier alpha value is -1.55. The second-order valence-corrected chi connectivity index (χ2v) is 12.5. The number of nitrogens with zero attached hydrogens (tertiary/aromatic N) is 4. The maximum Gasteiger partial charge on any atom is 0.329 e. The Morgan fingerprint density at radius 2 is 1.82 bits per heavy atom. The van der Waals surface area contributed by atoms with Gasteiger partial charge in [-0.3, -0.25) is 4.72 Å². The second kappa shape index (κ2) is 11.5. The number of likely N-dealkylation sites (N-methyl/N-ethyl adjacent to an activating group) is 1. The highest BCUT2D eigenvalue weighted by Gasteiger charge is 2.22. The van der Waals surface area contributed by atoms with Crippen molar-refractivity contribution in [1.29, 1.82) is 0 Å². The number of piperazine rings is 1. The van der Waals surface area contributed by atoms with E-state index in [-0.39, 0.29) is 11.4 Å². The van der Waals surface area contributed by atoms with Crippen LogP contribution in [-0.4, -0.2) is 79.4 Å². The number of carbonyl (C=O) groups is 1. The first-order valence-corrected chi connectivity index (χ1v) is 14.4. The molecule has 2 N–H and O–H groups in total. The number of nitrogens with one attached hydrogen (secondary N) is 2. The fourth-order valence-corrected chi connectivity index (χ4v) is 6.08. The summed E-state index contributed by atoms with van der Waals surface area (Å²) < 4.78 is 4.12. The van der Waals surface area contributed by atoms with Crippen molar-refractivity contribution in [2.24, 2.45) is 0 Å². The predicted octanol–water partition coefficient (Wildman–Crippen LogP) is 4.99. The smallest absolute Gasteiger partial charge is 0.329 e. The molecular weight excluding hydrogens is 464 g/mol. The van der Waals surface area contributed by atoms with Gasteiger partial charge >= 0.3 is 6.03 Å². The van der Waals surface area contributed by atoms with Gasteiger partial charge in [0.15, 0.2) is 0 Å². The van der Waals surface area contributed by atoms with E-state index >= 15 is 0 Å². The quantitative estimate of drug-likeness (QED) is 0.409. The first kappa shape index (κ1) is 25.5. The third kappa shape index (κ3) is 6.77. The lowest BCUT2D eigenvalue weighted by Crippen LogP contribution is -2.44. The fraction of sp³-hybridized carbons (Fsp3) is 0.680. The molecular formula is C25H40N6OS2. The lowest BCUT2D eigenvalue weighted by molar-refractivity contribution is 0.154. The normalized spacial score (nSPS) is 18.4. The van der Waals surface area contributed by atoms with E-state index < -0.39 is 0 Å². The van der Waals surface area contributed by atoms with E-state index in [1.54, 1.807) is 11.3 Å². The Labute approximate surface area is 212 Å².